The zero-order valence-corrected chi connectivity index (χ0v) is 13.9. The first kappa shape index (κ1) is 16.2. The van der Waals surface area contributed by atoms with Crippen LogP contribution in [-0.2, 0) is 11.3 Å². The standard InChI is InChI=1S/C17H23N3O2/c1-6-20(16(21)17(3,4)5)11-14-18-15(19-22-14)13-9-7-12(2)8-10-13/h7-10H,6,11H2,1-5H3. The maximum absolute atomic E-state index is 12.4. The topological polar surface area (TPSA) is 59.2 Å². The molecule has 0 saturated carbocycles. The van der Waals surface area contributed by atoms with Gasteiger partial charge in [-0.2, -0.15) is 4.98 Å². The van der Waals surface area contributed by atoms with E-state index in [4.69, 9.17) is 4.52 Å². The van der Waals surface area contributed by atoms with Gasteiger partial charge in [-0.1, -0.05) is 55.8 Å². The Morgan fingerprint density at radius 3 is 2.41 bits per heavy atom. The minimum Gasteiger partial charge on any atom is -0.337 e. The van der Waals surface area contributed by atoms with Crippen LogP contribution in [0.3, 0.4) is 0 Å². The lowest BCUT2D eigenvalue weighted by atomic mass is 9.95. The normalized spacial score (nSPS) is 11.5. The molecule has 0 aliphatic carbocycles. The summed E-state index contributed by atoms with van der Waals surface area (Å²) in [6.07, 6.45) is 0. The molecule has 1 amide bonds. The third kappa shape index (κ3) is 3.72. The zero-order valence-electron chi connectivity index (χ0n) is 13.9. The molecule has 0 aliphatic heterocycles. The molecule has 0 N–H and O–H groups in total. The lowest BCUT2D eigenvalue weighted by Gasteiger charge is -2.27. The predicted octanol–water partition coefficient (Wildman–Crippen LogP) is 3.44. The lowest BCUT2D eigenvalue weighted by molar-refractivity contribution is -0.140. The molecule has 5 nitrogen and oxygen atoms in total. The first-order valence-electron chi connectivity index (χ1n) is 7.50. The van der Waals surface area contributed by atoms with Crippen LogP contribution in [0.1, 0.15) is 39.1 Å². The van der Waals surface area contributed by atoms with Gasteiger partial charge in [-0.25, -0.2) is 0 Å². The average Bonchev–Trinajstić information content (AvgIpc) is 2.92. The summed E-state index contributed by atoms with van der Waals surface area (Å²) in [6, 6.07) is 7.93. The molecule has 0 atom stereocenters. The largest absolute Gasteiger partial charge is 0.337 e. The maximum Gasteiger partial charge on any atom is 0.246 e. The van der Waals surface area contributed by atoms with E-state index >= 15 is 0 Å². The average molecular weight is 301 g/mol. The molecule has 0 radical (unpaired) electrons. The highest BCUT2D eigenvalue weighted by Crippen LogP contribution is 2.20. The third-order valence-electron chi connectivity index (χ3n) is 3.41. The van der Waals surface area contributed by atoms with Gasteiger partial charge in [-0.15, -0.1) is 0 Å². The second-order valence-corrected chi connectivity index (χ2v) is 6.45. The number of rotatable bonds is 4. The molecule has 2 rings (SSSR count). The van der Waals surface area contributed by atoms with Crippen molar-refractivity contribution >= 4 is 5.91 Å². The van der Waals surface area contributed by atoms with Crippen LogP contribution in [-0.4, -0.2) is 27.5 Å². The Morgan fingerprint density at radius 2 is 1.86 bits per heavy atom. The van der Waals surface area contributed by atoms with Crippen molar-refractivity contribution < 1.29 is 9.32 Å². The second-order valence-electron chi connectivity index (χ2n) is 6.45. The SMILES string of the molecule is CCN(Cc1nc(-c2ccc(C)cc2)no1)C(=O)C(C)(C)C. The summed E-state index contributed by atoms with van der Waals surface area (Å²) in [5.74, 6) is 1.08. The van der Waals surface area contributed by atoms with Crippen molar-refractivity contribution in [2.24, 2.45) is 5.41 Å². The molecular weight excluding hydrogens is 278 g/mol. The van der Waals surface area contributed by atoms with E-state index < -0.39 is 5.41 Å². The molecule has 5 heteroatoms. The molecule has 22 heavy (non-hydrogen) atoms. The van der Waals surface area contributed by atoms with Gasteiger partial charge in [0.1, 0.15) is 0 Å². The van der Waals surface area contributed by atoms with Crippen molar-refractivity contribution in [3.63, 3.8) is 0 Å². The molecule has 0 saturated heterocycles. The van der Waals surface area contributed by atoms with Crippen LogP contribution < -0.4 is 0 Å². The molecule has 2 aromatic rings. The van der Waals surface area contributed by atoms with E-state index in [2.05, 4.69) is 10.1 Å². The number of benzene rings is 1. The fourth-order valence-corrected chi connectivity index (χ4v) is 2.10. The number of nitrogens with zero attached hydrogens (tertiary/aromatic N) is 3. The summed E-state index contributed by atoms with van der Waals surface area (Å²) in [5, 5.41) is 4.00. The number of amides is 1. The zero-order chi connectivity index (χ0) is 16.3. The van der Waals surface area contributed by atoms with Gasteiger partial charge in [0.15, 0.2) is 0 Å². The number of hydrogen-bond donors (Lipinski definition) is 0. The van der Waals surface area contributed by atoms with Crippen molar-refractivity contribution in [2.45, 2.75) is 41.2 Å². The Labute approximate surface area is 131 Å². The van der Waals surface area contributed by atoms with E-state index in [1.807, 2.05) is 58.9 Å². The molecule has 1 heterocycles. The fraction of sp³-hybridized carbons (Fsp3) is 0.471. The molecule has 1 aromatic carbocycles. The number of carbonyl (C=O) groups excluding carboxylic acids is 1. The lowest BCUT2D eigenvalue weighted by Crippen LogP contribution is -2.38. The molecule has 0 aliphatic rings. The van der Waals surface area contributed by atoms with Gasteiger partial charge in [0.2, 0.25) is 17.6 Å². The van der Waals surface area contributed by atoms with Crippen molar-refractivity contribution in [3.05, 3.63) is 35.7 Å². The summed E-state index contributed by atoms with van der Waals surface area (Å²) in [5.41, 5.74) is 1.67. The molecule has 0 spiro atoms. The minimum absolute atomic E-state index is 0.0742. The van der Waals surface area contributed by atoms with E-state index in [0.29, 0.717) is 24.8 Å². The Bertz CT molecular complexity index is 639. The fourth-order valence-electron chi connectivity index (χ4n) is 2.10. The van der Waals surface area contributed by atoms with E-state index in [9.17, 15) is 4.79 Å². The van der Waals surface area contributed by atoms with Crippen LogP contribution in [0.15, 0.2) is 28.8 Å². The van der Waals surface area contributed by atoms with Crippen LogP contribution >= 0.6 is 0 Å². The summed E-state index contributed by atoms with van der Waals surface area (Å²) >= 11 is 0. The number of carbonyl (C=O) groups is 1. The van der Waals surface area contributed by atoms with Gasteiger partial charge in [0.05, 0.1) is 6.54 Å². The number of aromatic nitrogens is 2. The molecular formula is C17H23N3O2. The molecule has 0 unspecified atom stereocenters. The van der Waals surface area contributed by atoms with Crippen LogP contribution in [0.4, 0.5) is 0 Å². The van der Waals surface area contributed by atoms with Crippen molar-refractivity contribution in [2.75, 3.05) is 6.54 Å². The van der Waals surface area contributed by atoms with Crippen molar-refractivity contribution in [1.82, 2.24) is 15.0 Å². The minimum atomic E-state index is -0.421. The monoisotopic (exact) mass is 301 g/mol. The third-order valence-corrected chi connectivity index (χ3v) is 3.41. The highest BCUT2D eigenvalue weighted by molar-refractivity contribution is 5.81. The summed E-state index contributed by atoms with van der Waals surface area (Å²) in [6.45, 7) is 10.6. The van der Waals surface area contributed by atoms with Crippen molar-refractivity contribution in [1.29, 1.82) is 0 Å². The second kappa shape index (κ2) is 6.30. The number of hydrogen-bond acceptors (Lipinski definition) is 4. The van der Waals surface area contributed by atoms with Gasteiger partial charge in [-0.3, -0.25) is 4.79 Å². The Hall–Kier alpha value is -2.17. The Kier molecular flexibility index (Phi) is 4.64. The van der Waals surface area contributed by atoms with Gasteiger partial charge in [-0.05, 0) is 13.8 Å². The van der Waals surface area contributed by atoms with Crippen LogP contribution in [0, 0.1) is 12.3 Å². The summed E-state index contributed by atoms with van der Waals surface area (Å²) in [7, 11) is 0. The predicted molar refractivity (Wildman–Crippen MR) is 85.0 cm³/mol. The highest BCUT2D eigenvalue weighted by Gasteiger charge is 2.27. The Balaban J connectivity index is 2.14. The molecule has 1 aromatic heterocycles. The number of aryl methyl sites for hydroxylation is 1. The maximum atomic E-state index is 12.4. The van der Waals surface area contributed by atoms with E-state index in [1.165, 1.54) is 5.56 Å². The van der Waals surface area contributed by atoms with Crippen LogP contribution in [0.5, 0.6) is 0 Å². The molecule has 0 fully saturated rings. The highest BCUT2D eigenvalue weighted by atomic mass is 16.5. The van der Waals surface area contributed by atoms with E-state index in [0.717, 1.165) is 5.56 Å². The van der Waals surface area contributed by atoms with E-state index in [1.54, 1.807) is 4.90 Å². The summed E-state index contributed by atoms with van der Waals surface area (Å²) < 4.78 is 5.29. The molecule has 0 bridgehead atoms. The van der Waals surface area contributed by atoms with Crippen molar-refractivity contribution in [3.8, 4) is 11.4 Å². The van der Waals surface area contributed by atoms with Crippen LogP contribution in [0.25, 0.3) is 11.4 Å². The van der Waals surface area contributed by atoms with Crippen LogP contribution in [0.2, 0.25) is 0 Å². The first-order chi connectivity index (χ1) is 10.3. The molecule has 118 valence electrons. The Morgan fingerprint density at radius 1 is 1.23 bits per heavy atom. The van der Waals surface area contributed by atoms with Gasteiger partial charge >= 0.3 is 0 Å². The summed E-state index contributed by atoms with van der Waals surface area (Å²) in [4.78, 5) is 18.5. The smallest absolute Gasteiger partial charge is 0.246 e. The first-order valence-corrected chi connectivity index (χ1v) is 7.50. The van der Waals surface area contributed by atoms with Gasteiger partial charge in [0, 0.05) is 17.5 Å². The quantitative estimate of drug-likeness (QED) is 0.868. The van der Waals surface area contributed by atoms with Gasteiger partial charge in [0.25, 0.3) is 0 Å². The van der Waals surface area contributed by atoms with Gasteiger partial charge < -0.3 is 9.42 Å². The van der Waals surface area contributed by atoms with E-state index in [-0.39, 0.29) is 5.91 Å².